The van der Waals surface area contributed by atoms with E-state index in [4.69, 9.17) is 0 Å². The van der Waals surface area contributed by atoms with Gasteiger partial charge in [0.2, 0.25) is 0 Å². The van der Waals surface area contributed by atoms with E-state index in [1.807, 2.05) is 24.5 Å². The molecule has 1 aliphatic heterocycles. The lowest BCUT2D eigenvalue weighted by Crippen LogP contribution is -2.32. The van der Waals surface area contributed by atoms with Gasteiger partial charge in [-0.05, 0) is 51.2 Å². The smallest absolute Gasteiger partial charge is 0.273 e. The molecule has 0 spiro atoms. The third kappa shape index (κ3) is 3.79. The fraction of sp³-hybridized carbons (Fsp3) is 0.368. The number of carbonyl (C=O) groups is 1. The van der Waals surface area contributed by atoms with Gasteiger partial charge in [-0.25, -0.2) is 9.82 Å². The van der Waals surface area contributed by atoms with Crippen molar-refractivity contribution in [2.75, 3.05) is 20.1 Å². The van der Waals surface area contributed by atoms with Crippen LogP contribution in [0.2, 0.25) is 0 Å². The molecule has 5 nitrogen and oxygen atoms in total. The van der Waals surface area contributed by atoms with Gasteiger partial charge in [0.25, 0.3) is 5.91 Å². The first kappa shape index (κ1) is 17.4. The molecule has 0 aliphatic carbocycles. The van der Waals surface area contributed by atoms with E-state index < -0.39 is 0 Å². The summed E-state index contributed by atoms with van der Waals surface area (Å²) in [7, 11) is 2.08. The Labute approximate surface area is 147 Å². The number of benzene rings is 1. The maximum Gasteiger partial charge on any atom is 0.273 e. The molecule has 0 unspecified atom stereocenters. The summed E-state index contributed by atoms with van der Waals surface area (Å²) in [6.45, 7) is 5.74. The topological polar surface area (TPSA) is 49.6 Å². The van der Waals surface area contributed by atoms with E-state index >= 15 is 0 Å². The van der Waals surface area contributed by atoms with Crippen LogP contribution in [0.3, 0.4) is 0 Å². The fourth-order valence-electron chi connectivity index (χ4n) is 3.16. The summed E-state index contributed by atoms with van der Waals surface area (Å²) in [5, 5.41) is 4.29. The standard InChI is InChI=1S/C19H23FN4O/c1-13-12-18(14(2)24(13)17-6-4-15(20)5-7-17)19(25)22-21-16-8-10-23(3)11-9-16/h4-7,12H,8-11H2,1-3H3,(H,22,25). The van der Waals surface area contributed by atoms with Crippen molar-refractivity contribution in [1.29, 1.82) is 0 Å². The summed E-state index contributed by atoms with van der Waals surface area (Å²) in [4.78, 5) is 14.8. The number of aryl methyl sites for hydroxylation is 1. The van der Waals surface area contributed by atoms with Crippen LogP contribution in [0.1, 0.15) is 34.6 Å². The molecule has 0 radical (unpaired) electrons. The van der Waals surface area contributed by atoms with E-state index in [2.05, 4.69) is 22.5 Å². The normalized spacial score (nSPS) is 15.3. The number of likely N-dealkylation sites (tertiary alicyclic amines) is 1. The molecule has 0 atom stereocenters. The van der Waals surface area contributed by atoms with E-state index in [1.54, 1.807) is 12.1 Å². The van der Waals surface area contributed by atoms with Crippen molar-refractivity contribution in [1.82, 2.24) is 14.9 Å². The molecule has 0 saturated carbocycles. The Morgan fingerprint density at radius 3 is 2.44 bits per heavy atom. The quantitative estimate of drug-likeness (QED) is 0.872. The van der Waals surface area contributed by atoms with E-state index in [9.17, 15) is 9.18 Å². The Morgan fingerprint density at radius 1 is 1.16 bits per heavy atom. The number of hydrogen-bond donors (Lipinski definition) is 1. The lowest BCUT2D eigenvalue weighted by Gasteiger charge is -2.22. The number of carbonyl (C=O) groups excluding carboxylic acids is 1. The van der Waals surface area contributed by atoms with Gasteiger partial charge < -0.3 is 9.47 Å². The van der Waals surface area contributed by atoms with Gasteiger partial charge in [0.15, 0.2) is 0 Å². The van der Waals surface area contributed by atoms with Crippen molar-refractivity contribution in [3.8, 4) is 5.69 Å². The average Bonchev–Trinajstić information content (AvgIpc) is 2.90. The predicted octanol–water partition coefficient (Wildman–Crippen LogP) is 3.04. The molecule has 1 amide bonds. The lowest BCUT2D eigenvalue weighted by molar-refractivity contribution is 0.0954. The predicted molar refractivity (Wildman–Crippen MR) is 96.8 cm³/mol. The van der Waals surface area contributed by atoms with Crippen LogP contribution in [0.15, 0.2) is 35.4 Å². The minimum Gasteiger partial charge on any atom is -0.318 e. The summed E-state index contributed by atoms with van der Waals surface area (Å²) in [5.41, 5.74) is 6.85. The molecule has 6 heteroatoms. The van der Waals surface area contributed by atoms with E-state index in [0.29, 0.717) is 5.56 Å². The summed E-state index contributed by atoms with van der Waals surface area (Å²) >= 11 is 0. The Hall–Kier alpha value is -2.47. The lowest BCUT2D eigenvalue weighted by atomic mass is 10.1. The van der Waals surface area contributed by atoms with Crippen LogP contribution in [0.4, 0.5) is 4.39 Å². The van der Waals surface area contributed by atoms with Gasteiger partial charge in [0.1, 0.15) is 5.82 Å². The van der Waals surface area contributed by atoms with Crippen molar-refractivity contribution in [3.05, 3.63) is 53.1 Å². The van der Waals surface area contributed by atoms with Gasteiger partial charge in [-0.1, -0.05) is 0 Å². The highest BCUT2D eigenvalue weighted by molar-refractivity contribution is 5.97. The van der Waals surface area contributed by atoms with Crippen LogP contribution in [-0.2, 0) is 0 Å². The Morgan fingerprint density at radius 2 is 1.80 bits per heavy atom. The van der Waals surface area contributed by atoms with Crippen LogP contribution in [0.25, 0.3) is 5.69 Å². The van der Waals surface area contributed by atoms with Gasteiger partial charge in [-0.2, -0.15) is 5.10 Å². The molecule has 1 N–H and O–H groups in total. The number of nitrogens with one attached hydrogen (secondary N) is 1. The second-order valence-corrected chi connectivity index (χ2v) is 6.52. The first-order valence-corrected chi connectivity index (χ1v) is 8.45. The maximum absolute atomic E-state index is 13.1. The minimum atomic E-state index is -0.280. The fourth-order valence-corrected chi connectivity index (χ4v) is 3.16. The zero-order chi connectivity index (χ0) is 18.0. The van der Waals surface area contributed by atoms with Crippen molar-refractivity contribution >= 4 is 11.6 Å². The summed E-state index contributed by atoms with van der Waals surface area (Å²) in [5.74, 6) is -0.494. The average molecular weight is 342 g/mol. The largest absolute Gasteiger partial charge is 0.318 e. The molecule has 2 heterocycles. The molecule has 132 valence electrons. The first-order valence-electron chi connectivity index (χ1n) is 8.45. The number of aromatic nitrogens is 1. The summed E-state index contributed by atoms with van der Waals surface area (Å²) < 4.78 is 15.1. The van der Waals surface area contributed by atoms with E-state index in [-0.39, 0.29) is 11.7 Å². The third-order valence-corrected chi connectivity index (χ3v) is 4.64. The number of hydrogen-bond acceptors (Lipinski definition) is 3. The SMILES string of the molecule is Cc1cc(C(=O)NN=C2CCN(C)CC2)c(C)n1-c1ccc(F)cc1. The molecule has 1 fully saturated rings. The number of rotatable bonds is 3. The Balaban J connectivity index is 1.79. The molecule has 1 aliphatic rings. The van der Waals surface area contributed by atoms with Gasteiger partial charge in [0, 0.05) is 48.7 Å². The van der Waals surface area contributed by atoms with Crippen molar-refractivity contribution in [3.63, 3.8) is 0 Å². The second-order valence-electron chi connectivity index (χ2n) is 6.52. The second kappa shape index (κ2) is 7.19. The van der Waals surface area contributed by atoms with Crippen LogP contribution in [0, 0.1) is 19.7 Å². The molecule has 0 bridgehead atoms. The molecular formula is C19H23FN4O. The minimum absolute atomic E-state index is 0.215. The highest BCUT2D eigenvalue weighted by atomic mass is 19.1. The van der Waals surface area contributed by atoms with Gasteiger partial charge in [-0.15, -0.1) is 0 Å². The number of hydrazone groups is 1. The molecule has 25 heavy (non-hydrogen) atoms. The van der Waals surface area contributed by atoms with Crippen LogP contribution < -0.4 is 5.43 Å². The Bertz CT molecular complexity index is 798. The number of piperidine rings is 1. The van der Waals surface area contributed by atoms with Crippen LogP contribution in [-0.4, -0.2) is 41.2 Å². The van der Waals surface area contributed by atoms with Crippen LogP contribution >= 0.6 is 0 Å². The molecule has 2 aromatic rings. The zero-order valence-electron chi connectivity index (χ0n) is 14.8. The maximum atomic E-state index is 13.1. The number of nitrogens with zero attached hydrogens (tertiary/aromatic N) is 3. The molecule has 1 aromatic carbocycles. The van der Waals surface area contributed by atoms with Crippen molar-refractivity contribution in [2.24, 2.45) is 5.10 Å². The number of amides is 1. The molecular weight excluding hydrogens is 319 g/mol. The summed E-state index contributed by atoms with van der Waals surface area (Å²) in [6.07, 6.45) is 1.76. The number of halogens is 1. The monoisotopic (exact) mass is 342 g/mol. The van der Waals surface area contributed by atoms with Gasteiger partial charge >= 0.3 is 0 Å². The first-order chi connectivity index (χ1) is 12.0. The molecule has 1 saturated heterocycles. The molecule has 1 aromatic heterocycles. The highest BCUT2D eigenvalue weighted by Crippen LogP contribution is 2.21. The van der Waals surface area contributed by atoms with Crippen molar-refractivity contribution < 1.29 is 9.18 Å². The van der Waals surface area contributed by atoms with E-state index in [1.165, 1.54) is 12.1 Å². The zero-order valence-corrected chi connectivity index (χ0v) is 14.8. The highest BCUT2D eigenvalue weighted by Gasteiger charge is 2.17. The van der Waals surface area contributed by atoms with Crippen LogP contribution in [0.5, 0.6) is 0 Å². The summed E-state index contributed by atoms with van der Waals surface area (Å²) in [6, 6.07) is 8.08. The van der Waals surface area contributed by atoms with Gasteiger partial charge in [-0.3, -0.25) is 4.79 Å². The van der Waals surface area contributed by atoms with Gasteiger partial charge in [0.05, 0.1) is 5.56 Å². The Kier molecular flexibility index (Phi) is 4.99. The molecule has 3 rings (SSSR count). The third-order valence-electron chi connectivity index (χ3n) is 4.64. The van der Waals surface area contributed by atoms with E-state index in [0.717, 1.165) is 48.7 Å². The van der Waals surface area contributed by atoms with Crippen molar-refractivity contribution in [2.45, 2.75) is 26.7 Å².